The second-order valence-electron chi connectivity index (χ2n) is 8.65. The number of halogens is 3. The lowest BCUT2D eigenvalue weighted by molar-refractivity contribution is -0.139. The van der Waals surface area contributed by atoms with Crippen molar-refractivity contribution in [2.45, 2.75) is 62.7 Å². The largest absolute Gasteiger partial charge is 0.416 e. The van der Waals surface area contributed by atoms with Crippen molar-refractivity contribution in [3.8, 4) is 0 Å². The van der Waals surface area contributed by atoms with E-state index in [0.717, 1.165) is 50.4 Å². The van der Waals surface area contributed by atoms with E-state index in [2.05, 4.69) is 23.5 Å². The molecule has 1 amide bonds. The Morgan fingerprint density at radius 3 is 2.03 bits per heavy atom. The molecule has 0 aromatic heterocycles. The number of sulfonamides is 1. The summed E-state index contributed by atoms with van der Waals surface area (Å²) in [4.78, 5) is 16.9. The van der Waals surface area contributed by atoms with E-state index in [0.29, 0.717) is 31.7 Å². The fourth-order valence-electron chi connectivity index (χ4n) is 4.29. The second-order valence-corrected chi connectivity index (χ2v) is 10.4. The van der Waals surface area contributed by atoms with Crippen molar-refractivity contribution >= 4 is 15.9 Å². The van der Waals surface area contributed by atoms with Gasteiger partial charge in [-0.2, -0.15) is 13.2 Å². The smallest absolute Gasteiger partial charge is 0.340 e. The van der Waals surface area contributed by atoms with Crippen molar-refractivity contribution < 1.29 is 26.4 Å². The molecule has 1 aromatic rings. The summed E-state index contributed by atoms with van der Waals surface area (Å²) in [6.07, 6.45) is -2.25. The van der Waals surface area contributed by atoms with E-state index in [9.17, 15) is 26.4 Å². The number of amides is 1. The first kappa shape index (κ1) is 24.0. The fourth-order valence-corrected chi connectivity index (χ4v) is 5.59. The molecule has 1 saturated heterocycles. The molecule has 3 rings (SSSR count). The predicted octanol–water partition coefficient (Wildman–Crippen LogP) is 3.10. The van der Waals surface area contributed by atoms with Gasteiger partial charge in [-0.3, -0.25) is 9.69 Å². The van der Waals surface area contributed by atoms with Crippen LogP contribution in [0.15, 0.2) is 29.2 Å². The third-order valence-corrected chi connectivity index (χ3v) is 7.78. The minimum atomic E-state index is -4.51. The third kappa shape index (κ3) is 5.98. The molecule has 6 nitrogen and oxygen atoms in total. The monoisotopic (exact) mass is 461 g/mol. The van der Waals surface area contributed by atoms with Gasteiger partial charge in [-0.1, -0.05) is 0 Å². The van der Waals surface area contributed by atoms with Crippen LogP contribution in [0.2, 0.25) is 0 Å². The molecule has 0 atom stereocenters. The molecule has 1 aliphatic heterocycles. The number of nitrogens with one attached hydrogen (secondary N) is 1. The molecule has 0 bridgehead atoms. The Kier molecular flexibility index (Phi) is 7.32. The summed E-state index contributed by atoms with van der Waals surface area (Å²) in [7, 11) is -3.91. The van der Waals surface area contributed by atoms with E-state index in [1.807, 2.05) is 4.90 Å². The topological polar surface area (TPSA) is 69.7 Å². The van der Waals surface area contributed by atoms with Gasteiger partial charge in [0.1, 0.15) is 0 Å². The number of piperazine rings is 1. The van der Waals surface area contributed by atoms with Crippen molar-refractivity contribution in [2.75, 3.05) is 26.2 Å². The molecular formula is C21H30F3N3O3S. The molecule has 1 aliphatic carbocycles. The molecule has 31 heavy (non-hydrogen) atoms. The van der Waals surface area contributed by atoms with Gasteiger partial charge in [0.05, 0.1) is 10.5 Å². The molecule has 1 heterocycles. The van der Waals surface area contributed by atoms with Gasteiger partial charge in [-0.25, -0.2) is 13.1 Å². The third-order valence-electron chi connectivity index (χ3n) is 6.25. The molecule has 174 valence electrons. The van der Waals surface area contributed by atoms with Crippen LogP contribution in [-0.2, 0) is 21.0 Å². The van der Waals surface area contributed by atoms with Crippen LogP contribution in [0.1, 0.15) is 45.1 Å². The van der Waals surface area contributed by atoms with Gasteiger partial charge in [0.15, 0.2) is 0 Å². The summed E-state index contributed by atoms with van der Waals surface area (Å²) in [5.41, 5.74) is -0.889. The highest BCUT2D eigenvalue weighted by Gasteiger charge is 2.34. The van der Waals surface area contributed by atoms with Gasteiger partial charge in [0.25, 0.3) is 0 Å². The average Bonchev–Trinajstić information content (AvgIpc) is 2.73. The van der Waals surface area contributed by atoms with Crippen molar-refractivity contribution in [3.63, 3.8) is 0 Å². The van der Waals surface area contributed by atoms with E-state index < -0.39 is 21.8 Å². The van der Waals surface area contributed by atoms with Crippen LogP contribution in [-0.4, -0.2) is 62.4 Å². The van der Waals surface area contributed by atoms with E-state index in [4.69, 9.17) is 0 Å². The molecule has 1 saturated carbocycles. The first-order valence-electron chi connectivity index (χ1n) is 10.7. The number of hydrogen-bond donors (Lipinski definition) is 1. The van der Waals surface area contributed by atoms with Gasteiger partial charge < -0.3 is 4.90 Å². The summed E-state index contributed by atoms with van der Waals surface area (Å²) < 4.78 is 65.7. The lowest BCUT2D eigenvalue weighted by Crippen LogP contribution is -2.52. The zero-order valence-electron chi connectivity index (χ0n) is 17.9. The number of hydrogen-bond acceptors (Lipinski definition) is 4. The first-order chi connectivity index (χ1) is 14.5. The van der Waals surface area contributed by atoms with Crippen LogP contribution in [0.3, 0.4) is 0 Å². The highest BCUT2D eigenvalue weighted by Crippen LogP contribution is 2.31. The standard InChI is InChI=1S/C21H30F3N3O3S/c1-15(2)26-11-13-27(14-12-26)20(28)16-3-7-18(8-4-16)25-31(29,30)19-9-5-17(6-10-19)21(22,23)24/h5-6,9-10,15-16,18,25H,3-4,7-8,11-14H2,1-2H3/t16-,18-. The van der Waals surface area contributed by atoms with Gasteiger partial charge >= 0.3 is 6.18 Å². The second kappa shape index (κ2) is 9.46. The summed E-state index contributed by atoms with van der Waals surface area (Å²) in [6, 6.07) is 3.61. The summed E-state index contributed by atoms with van der Waals surface area (Å²) in [5, 5.41) is 0. The zero-order valence-corrected chi connectivity index (χ0v) is 18.7. The Hall–Kier alpha value is -1.65. The molecule has 2 aliphatic rings. The predicted molar refractivity (Wildman–Crippen MR) is 111 cm³/mol. The maximum atomic E-state index is 12.8. The normalized spacial score (nSPS) is 23.9. The number of nitrogens with zero attached hydrogens (tertiary/aromatic N) is 2. The Morgan fingerprint density at radius 1 is 1.00 bits per heavy atom. The molecule has 1 aromatic carbocycles. The van der Waals surface area contributed by atoms with E-state index in [1.54, 1.807) is 0 Å². The minimum Gasteiger partial charge on any atom is -0.340 e. The van der Waals surface area contributed by atoms with Crippen molar-refractivity contribution in [3.05, 3.63) is 29.8 Å². The molecule has 10 heteroatoms. The Morgan fingerprint density at radius 2 is 1.55 bits per heavy atom. The van der Waals surface area contributed by atoms with Crippen LogP contribution in [0, 0.1) is 5.92 Å². The number of rotatable bonds is 5. The maximum Gasteiger partial charge on any atom is 0.416 e. The molecule has 0 unspecified atom stereocenters. The number of carbonyl (C=O) groups excluding carboxylic acids is 1. The van der Waals surface area contributed by atoms with Gasteiger partial charge in [0.2, 0.25) is 15.9 Å². The van der Waals surface area contributed by atoms with Crippen molar-refractivity contribution in [1.29, 1.82) is 0 Å². The van der Waals surface area contributed by atoms with Crippen LogP contribution < -0.4 is 4.72 Å². The van der Waals surface area contributed by atoms with Gasteiger partial charge in [0, 0.05) is 44.2 Å². The van der Waals surface area contributed by atoms with Crippen molar-refractivity contribution in [1.82, 2.24) is 14.5 Å². The molecular weight excluding hydrogens is 431 g/mol. The summed E-state index contributed by atoms with van der Waals surface area (Å²) in [5.74, 6) is 0.0462. The zero-order chi connectivity index (χ0) is 22.8. The minimum absolute atomic E-state index is 0.0996. The first-order valence-corrected chi connectivity index (χ1v) is 12.2. The Labute approximate surface area is 181 Å². The lowest BCUT2D eigenvalue weighted by atomic mass is 9.85. The van der Waals surface area contributed by atoms with E-state index >= 15 is 0 Å². The van der Waals surface area contributed by atoms with E-state index in [1.165, 1.54) is 0 Å². The van der Waals surface area contributed by atoms with Crippen LogP contribution >= 0.6 is 0 Å². The van der Waals surface area contributed by atoms with Crippen LogP contribution in [0.25, 0.3) is 0 Å². The lowest BCUT2D eigenvalue weighted by Gasteiger charge is -2.39. The average molecular weight is 462 g/mol. The molecule has 2 fully saturated rings. The maximum absolute atomic E-state index is 12.8. The molecule has 1 N–H and O–H groups in total. The fraction of sp³-hybridized carbons (Fsp3) is 0.667. The Balaban J connectivity index is 1.51. The highest BCUT2D eigenvalue weighted by atomic mass is 32.2. The van der Waals surface area contributed by atoms with Crippen LogP contribution in [0.4, 0.5) is 13.2 Å². The quantitative estimate of drug-likeness (QED) is 0.732. The number of benzene rings is 1. The van der Waals surface area contributed by atoms with Crippen molar-refractivity contribution in [2.24, 2.45) is 5.92 Å². The highest BCUT2D eigenvalue weighted by molar-refractivity contribution is 7.89. The summed E-state index contributed by atoms with van der Waals surface area (Å²) in [6.45, 7) is 7.46. The summed E-state index contributed by atoms with van der Waals surface area (Å²) >= 11 is 0. The molecule has 0 spiro atoms. The van der Waals surface area contributed by atoms with Gasteiger partial charge in [-0.15, -0.1) is 0 Å². The number of alkyl halides is 3. The van der Waals surface area contributed by atoms with Gasteiger partial charge in [-0.05, 0) is 63.8 Å². The van der Waals surface area contributed by atoms with E-state index in [-0.39, 0.29) is 22.8 Å². The van der Waals surface area contributed by atoms with Crippen LogP contribution in [0.5, 0.6) is 0 Å². The number of carbonyl (C=O) groups is 1. The SMILES string of the molecule is CC(C)N1CCN(C(=O)[C@H]2CC[C@H](NS(=O)(=O)c3ccc(C(F)(F)F)cc3)CC2)CC1. The Bertz CT molecular complexity index is 856. The molecule has 0 radical (unpaired) electrons.